The van der Waals surface area contributed by atoms with E-state index in [0.717, 1.165) is 5.69 Å². The summed E-state index contributed by atoms with van der Waals surface area (Å²) in [6, 6.07) is 20.1. The van der Waals surface area contributed by atoms with Crippen molar-refractivity contribution < 1.29 is 37.3 Å². The van der Waals surface area contributed by atoms with Crippen molar-refractivity contribution in [2.24, 2.45) is 7.05 Å². The van der Waals surface area contributed by atoms with Gasteiger partial charge in [-0.1, -0.05) is 0 Å². The van der Waals surface area contributed by atoms with E-state index in [1.54, 1.807) is 0 Å². The first kappa shape index (κ1) is 16.9. The maximum atomic E-state index is 3.34. The Hall–Kier alpha value is -0.987. The van der Waals surface area contributed by atoms with Gasteiger partial charge in [-0.2, -0.15) is 0 Å². The Bertz CT molecular complexity index is 954. The molecule has 0 N–H and O–H groups in total. The van der Waals surface area contributed by atoms with Crippen molar-refractivity contribution in [3.05, 3.63) is 72.6 Å². The average Bonchev–Trinajstić information content (AvgIpc) is 3.09. The predicted molar refractivity (Wildman–Crippen MR) is 89.2 cm³/mol. The predicted octanol–water partition coefficient (Wildman–Crippen LogP) is 3.09. The topological polar surface area (TPSA) is 8.81 Å². The fourth-order valence-electron chi connectivity index (χ4n) is 2.78. The van der Waals surface area contributed by atoms with Crippen LogP contribution in [0.15, 0.2) is 54.7 Å². The summed E-state index contributed by atoms with van der Waals surface area (Å²) in [6.07, 6.45) is 5.33. The number of aromatic nitrogens is 2. The van der Waals surface area contributed by atoms with Gasteiger partial charge in [-0.3, -0.25) is 0 Å². The smallest absolute Gasteiger partial charge is 0 e. The van der Waals surface area contributed by atoms with E-state index in [9.17, 15) is 0 Å². The van der Waals surface area contributed by atoms with E-state index >= 15 is 0 Å². The van der Waals surface area contributed by atoms with Crippen molar-refractivity contribution in [2.75, 3.05) is 0 Å². The van der Waals surface area contributed by atoms with Gasteiger partial charge in [0.25, 0.3) is 0 Å². The minimum Gasteiger partial charge on any atom is 0 e. The summed E-state index contributed by atoms with van der Waals surface area (Å²) >= 11 is 0.331. The van der Waals surface area contributed by atoms with Crippen LogP contribution in [0.4, 0.5) is 0 Å². The molecule has 0 atom stereocenters. The number of aryl methyl sites for hydroxylation is 2. The number of imidazole rings is 1. The second-order valence-electron chi connectivity index (χ2n) is 5.33. The van der Waals surface area contributed by atoms with E-state index in [0.29, 0.717) is 14.5 Å². The van der Waals surface area contributed by atoms with Crippen LogP contribution in [-0.2, 0) is 39.8 Å². The van der Waals surface area contributed by atoms with Crippen molar-refractivity contribution in [1.82, 2.24) is 4.57 Å². The van der Waals surface area contributed by atoms with Gasteiger partial charge in [-0.05, 0) is 0 Å². The molecule has 0 saturated heterocycles. The van der Waals surface area contributed by atoms with Crippen molar-refractivity contribution >= 4 is 24.1 Å². The molecule has 23 heavy (non-hydrogen) atoms. The number of fused-ring (bicyclic) bond motifs is 1. The largest absolute Gasteiger partial charge is 0 e. The molecular formula is C19H15N2SeY-. The fraction of sp³-hybridized carbons (Fsp3) is 0.105. The summed E-state index contributed by atoms with van der Waals surface area (Å²) in [5, 5.41) is 1.39. The van der Waals surface area contributed by atoms with Gasteiger partial charge >= 0.3 is 136 Å². The molecule has 0 aliphatic rings. The zero-order valence-corrected chi connectivity index (χ0v) is 17.6. The molecule has 0 saturated carbocycles. The van der Waals surface area contributed by atoms with Crippen LogP contribution in [0, 0.1) is 19.2 Å². The third-order valence-corrected chi connectivity index (χ3v) is 6.57. The molecule has 2 aromatic carbocycles. The van der Waals surface area contributed by atoms with E-state index in [2.05, 4.69) is 65.7 Å². The molecule has 0 fully saturated rings. The summed E-state index contributed by atoms with van der Waals surface area (Å²) in [6.45, 7) is 2.23. The molecular weight excluding hydrogens is 424 g/mol. The molecule has 4 heteroatoms. The molecule has 4 aromatic rings. The second-order valence-corrected chi connectivity index (χ2v) is 7.54. The number of hydrogen-bond acceptors (Lipinski definition) is 0. The van der Waals surface area contributed by atoms with Crippen molar-refractivity contribution in [3.8, 4) is 15.9 Å². The van der Waals surface area contributed by atoms with E-state index in [1.165, 1.54) is 25.5 Å². The van der Waals surface area contributed by atoms with Crippen LogP contribution >= 0.6 is 0 Å². The molecule has 111 valence electrons. The van der Waals surface area contributed by atoms with Crippen molar-refractivity contribution in [3.63, 3.8) is 0 Å². The maximum absolute atomic E-state index is 3.34. The van der Waals surface area contributed by atoms with Crippen LogP contribution in [0.2, 0.25) is 0 Å². The fourth-order valence-corrected chi connectivity index (χ4v) is 5.48. The van der Waals surface area contributed by atoms with Gasteiger partial charge in [-0.15, -0.1) is 0 Å². The number of para-hydroxylation sites is 1. The van der Waals surface area contributed by atoms with Gasteiger partial charge in [0, 0.05) is 32.7 Å². The van der Waals surface area contributed by atoms with Crippen LogP contribution < -0.4 is 4.57 Å². The Labute approximate surface area is 167 Å². The first-order chi connectivity index (χ1) is 10.8. The summed E-state index contributed by atoms with van der Waals surface area (Å²) < 4.78 is 7.17. The van der Waals surface area contributed by atoms with Gasteiger partial charge in [0.05, 0.1) is 0 Å². The molecule has 0 bridgehead atoms. The Morgan fingerprint density at radius 1 is 1.09 bits per heavy atom. The number of hydrogen-bond donors (Lipinski definition) is 0. The quantitative estimate of drug-likeness (QED) is 0.258. The molecule has 1 radical (unpaired) electrons. The van der Waals surface area contributed by atoms with Crippen LogP contribution in [-0.4, -0.2) is 19.1 Å². The van der Waals surface area contributed by atoms with Crippen LogP contribution in [0.1, 0.15) is 5.56 Å². The van der Waals surface area contributed by atoms with E-state index in [4.69, 9.17) is 0 Å². The van der Waals surface area contributed by atoms with Crippen molar-refractivity contribution in [1.29, 1.82) is 0 Å². The van der Waals surface area contributed by atoms with E-state index in [-0.39, 0.29) is 32.7 Å². The molecule has 0 unspecified atom stereocenters. The zero-order valence-electron chi connectivity index (χ0n) is 13.1. The normalized spacial score (nSPS) is 10.7. The van der Waals surface area contributed by atoms with E-state index in [1.807, 2.05) is 24.4 Å². The summed E-state index contributed by atoms with van der Waals surface area (Å²) in [5.74, 6) is 1.20. The SMILES string of the molecule is Cc1c(-c2n(C)c[c-][n+]2-c2[c-]cccc2)[se]c2ccccc12.[Y]. The Morgan fingerprint density at radius 2 is 1.87 bits per heavy atom. The minimum atomic E-state index is 0. The summed E-state index contributed by atoms with van der Waals surface area (Å²) in [5.41, 5.74) is 2.42. The molecule has 2 aromatic heterocycles. The summed E-state index contributed by atoms with van der Waals surface area (Å²) in [7, 11) is 2.09. The number of rotatable bonds is 2. The molecule has 2 heterocycles. The van der Waals surface area contributed by atoms with Gasteiger partial charge in [0.2, 0.25) is 0 Å². The molecule has 0 amide bonds. The average molecular weight is 439 g/mol. The molecule has 0 aliphatic heterocycles. The Balaban J connectivity index is 0.00000156. The van der Waals surface area contributed by atoms with Crippen LogP contribution in [0.3, 0.4) is 0 Å². The van der Waals surface area contributed by atoms with Crippen LogP contribution in [0.5, 0.6) is 0 Å². The Morgan fingerprint density at radius 3 is 2.61 bits per heavy atom. The first-order valence-electron chi connectivity index (χ1n) is 7.20. The molecule has 2 nitrogen and oxygen atoms in total. The van der Waals surface area contributed by atoms with Crippen molar-refractivity contribution in [2.45, 2.75) is 6.92 Å². The standard InChI is InChI=1S/C19H15N2Se.Y/c1-14-16-10-6-7-11-17(16)22-18(14)19-20(2)12-13-21(19)15-8-4-3-5-9-15;/h3-8,10-12H,1-2H3;/q-1;. The maximum Gasteiger partial charge on any atom is 0 e. The number of nitrogens with zero attached hydrogens (tertiary/aromatic N) is 2. The zero-order chi connectivity index (χ0) is 15.1. The van der Waals surface area contributed by atoms with E-state index < -0.39 is 0 Å². The minimum absolute atomic E-state index is 0. The van der Waals surface area contributed by atoms with Gasteiger partial charge in [-0.25, -0.2) is 0 Å². The molecule has 0 spiro atoms. The molecule has 0 aliphatic carbocycles. The Kier molecular flexibility index (Phi) is 5.03. The molecule has 4 rings (SSSR count). The summed E-state index contributed by atoms with van der Waals surface area (Å²) in [4.78, 5) is 0. The van der Waals surface area contributed by atoms with Gasteiger partial charge < -0.3 is 0 Å². The monoisotopic (exact) mass is 440 g/mol. The van der Waals surface area contributed by atoms with Gasteiger partial charge in [0.15, 0.2) is 0 Å². The van der Waals surface area contributed by atoms with Crippen LogP contribution in [0.25, 0.3) is 25.6 Å². The third-order valence-electron chi connectivity index (χ3n) is 3.91. The second kappa shape index (κ2) is 6.87. The first-order valence-corrected chi connectivity index (χ1v) is 8.91. The third kappa shape index (κ3) is 2.92. The number of benzene rings is 2. The van der Waals surface area contributed by atoms with Gasteiger partial charge in [0.1, 0.15) is 0 Å².